The summed E-state index contributed by atoms with van der Waals surface area (Å²) < 4.78 is 14.9. The van der Waals surface area contributed by atoms with Gasteiger partial charge in [-0.05, 0) is 66.1 Å². The van der Waals surface area contributed by atoms with Gasteiger partial charge in [0.05, 0.1) is 11.3 Å². The summed E-state index contributed by atoms with van der Waals surface area (Å²) in [6.07, 6.45) is 2.33. The second-order valence-electron chi connectivity index (χ2n) is 7.39. The zero-order valence-electron chi connectivity index (χ0n) is 16.8. The van der Waals surface area contributed by atoms with Gasteiger partial charge in [0.1, 0.15) is 5.82 Å². The van der Waals surface area contributed by atoms with Gasteiger partial charge in [0, 0.05) is 21.8 Å². The van der Waals surface area contributed by atoms with Crippen molar-refractivity contribution in [3.05, 3.63) is 93.8 Å². The molecule has 0 fully saturated rings. The van der Waals surface area contributed by atoms with E-state index in [2.05, 4.69) is 6.92 Å². The molecule has 0 amide bonds. The van der Waals surface area contributed by atoms with E-state index in [0.29, 0.717) is 27.5 Å². The molecule has 158 valence electrons. The van der Waals surface area contributed by atoms with Crippen molar-refractivity contribution in [1.29, 1.82) is 0 Å². The summed E-state index contributed by atoms with van der Waals surface area (Å²) in [6, 6.07) is 16.4. The molecule has 0 radical (unpaired) electrons. The molecule has 0 aliphatic carbocycles. The lowest BCUT2D eigenvalue weighted by Gasteiger charge is -2.24. The van der Waals surface area contributed by atoms with E-state index in [9.17, 15) is 14.3 Å². The van der Waals surface area contributed by atoms with E-state index in [1.165, 1.54) is 18.2 Å². The van der Waals surface area contributed by atoms with Crippen molar-refractivity contribution in [2.24, 2.45) is 0 Å². The van der Waals surface area contributed by atoms with Gasteiger partial charge in [0.2, 0.25) is 0 Å². The highest BCUT2D eigenvalue weighted by atomic mass is 35.5. The van der Waals surface area contributed by atoms with Gasteiger partial charge in [0.25, 0.3) is 0 Å². The minimum atomic E-state index is -1.16. The Kier molecular flexibility index (Phi) is 5.81. The lowest BCUT2D eigenvalue weighted by atomic mass is 9.98. The molecule has 4 nitrogen and oxygen atoms in total. The largest absolute Gasteiger partial charge is 0.478 e. The van der Waals surface area contributed by atoms with Crippen LogP contribution in [0.15, 0.2) is 60.7 Å². The van der Waals surface area contributed by atoms with E-state index >= 15 is 0 Å². The number of hydrogen-bond acceptors (Lipinski definition) is 3. The van der Waals surface area contributed by atoms with Crippen molar-refractivity contribution in [3.8, 4) is 0 Å². The maximum Gasteiger partial charge on any atom is 0.335 e. The molecule has 1 aliphatic rings. The van der Waals surface area contributed by atoms with Crippen molar-refractivity contribution in [1.82, 2.24) is 0 Å². The fourth-order valence-corrected chi connectivity index (χ4v) is 4.23. The molecule has 0 aromatic heterocycles. The molecule has 3 aromatic rings. The number of aliphatic hydroxyl groups is 1. The maximum atomic E-state index is 14.9. The molecule has 0 saturated heterocycles. The van der Waals surface area contributed by atoms with Gasteiger partial charge in [0.15, 0.2) is 6.23 Å². The predicted octanol–water partition coefficient (Wildman–Crippen LogP) is 6.14. The van der Waals surface area contributed by atoms with Crippen LogP contribution in [0.3, 0.4) is 0 Å². The number of aromatic carboxylic acids is 1. The van der Waals surface area contributed by atoms with E-state index < -0.39 is 18.0 Å². The smallest absolute Gasteiger partial charge is 0.335 e. The number of aryl methyl sites for hydroxylation is 1. The van der Waals surface area contributed by atoms with E-state index in [4.69, 9.17) is 16.7 Å². The highest BCUT2D eigenvalue weighted by Gasteiger charge is 2.36. The van der Waals surface area contributed by atoms with Crippen LogP contribution in [0.25, 0.3) is 11.6 Å². The topological polar surface area (TPSA) is 60.8 Å². The fraction of sp³-hybridized carbons (Fsp3) is 0.160. The number of rotatable bonds is 5. The fourth-order valence-electron chi connectivity index (χ4n) is 3.98. The third-order valence-corrected chi connectivity index (χ3v) is 5.75. The zero-order chi connectivity index (χ0) is 22.1. The number of nitrogens with zero attached hydrogens (tertiary/aromatic N) is 1. The quantitative estimate of drug-likeness (QED) is 0.503. The Hall–Kier alpha value is -3.15. The molecule has 4 rings (SSSR count). The molecule has 0 bridgehead atoms. The predicted molar refractivity (Wildman–Crippen MR) is 121 cm³/mol. The van der Waals surface area contributed by atoms with Crippen LogP contribution in [-0.2, 0) is 6.42 Å². The highest BCUT2D eigenvalue weighted by Crippen LogP contribution is 2.46. The Labute approximate surface area is 184 Å². The molecular formula is C25H21ClFNO3. The summed E-state index contributed by atoms with van der Waals surface area (Å²) in [5.41, 5.74) is 3.69. The lowest BCUT2D eigenvalue weighted by Crippen LogP contribution is -2.26. The van der Waals surface area contributed by atoms with Gasteiger partial charge in [-0.3, -0.25) is 0 Å². The summed E-state index contributed by atoms with van der Waals surface area (Å²) in [7, 11) is 0. The van der Waals surface area contributed by atoms with Gasteiger partial charge in [-0.25, -0.2) is 9.18 Å². The third-order valence-electron chi connectivity index (χ3n) is 5.42. The number of halogens is 2. The van der Waals surface area contributed by atoms with Crippen molar-refractivity contribution < 1.29 is 19.4 Å². The van der Waals surface area contributed by atoms with Crippen LogP contribution in [0.5, 0.6) is 0 Å². The molecule has 2 N–H and O–H groups in total. The average molecular weight is 438 g/mol. The first kappa shape index (κ1) is 21.1. The van der Waals surface area contributed by atoms with Crippen LogP contribution in [0.2, 0.25) is 5.02 Å². The van der Waals surface area contributed by atoms with Crippen LogP contribution >= 0.6 is 11.6 Å². The van der Waals surface area contributed by atoms with Gasteiger partial charge in [-0.2, -0.15) is 0 Å². The SMILES string of the molecule is CCCc1cccc(Cl)c1/C=C1/c2c(F)cccc2N(c2ccc(C(=O)O)cc2)C1O. The van der Waals surface area contributed by atoms with E-state index in [-0.39, 0.29) is 5.56 Å². The van der Waals surface area contributed by atoms with Crippen molar-refractivity contribution in [3.63, 3.8) is 0 Å². The van der Waals surface area contributed by atoms with Gasteiger partial charge in [-0.1, -0.05) is 43.1 Å². The summed E-state index contributed by atoms with van der Waals surface area (Å²) in [5, 5.41) is 20.9. The number of hydrogen-bond donors (Lipinski definition) is 2. The van der Waals surface area contributed by atoms with Crippen LogP contribution in [-0.4, -0.2) is 22.4 Å². The van der Waals surface area contributed by atoms with E-state index in [0.717, 1.165) is 24.0 Å². The van der Waals surface area contributed by atoms with E-state index in [1.54, 1.807) is 41.3 Å². The first-order chi connectivity index (χ1) is 14.9. The second-order valence-corrected chi connectivity index (χ2v) is 7.80. The number of carbonyl (C=O) groups is 1. The average Bonchev–Trinajstić information content (AvgIpc) is 3.03. The van der Waals surface area contributed by atoms with Gasteiger partial charge in [-0.15, -0.1) is 0 Å². The highest BCUT2D eigenvalue weighted by molar-refractivity contribution is 6.32. The Balaban J connectivity index is 1.87. The normalized spacial score (nSPS) is 16.6. The van der Waals surface area contributed by atoms with Crippen molar-refractivity contribution in [2.45, 2.75) is 26.0 Å². The Morgan fingerprint density at radius 3 is 2.52 bits per heavy atom. The Morgan fingerprint density at radius 2 is 1.84 bits per heavy atom. The number of benzene rings is 3. The maximum absolute atomic E-state index is 14.9. The van der Waals surface area contributed by atoms with Crippen LogP contribution < -0.4 is 4.90 Å². The summed E-state index contributed by atoms with van der Waals surface area (Å²) in [5.74, 6) is -1.49. The van der Waals surface area contributed by atoms with Crippen LogP contribution in [0, 0.1) is 5.82 Å². The van der Waals surface area contributed by atoms with Gasteiger partial charge >= 0.3 is 5.97 Å². The summed E-state index contributed by atoms with van der Waals surface area (Å²) in [6.45, 7) is 2.07. The summed E-state index contributed by atoms with van der Waals surface area (Å²) >= 11 is 6.47. The molecule has 1 heterocycles. The first-order valence-corrected chi connectivity index (χ1v) is 10.4. The molecule has 6 heteroatoms. The molecule has 3 aromatic carbocycles. The summed E-state index contributed by atoms with van der Waals surface area (Å²) in [4.78, 5) is 12.8. The van der Waals surface area contributed by atoms with Gasteiger partial charge < -0.3 is 15.1 Å². The zero-order valence-corrected chi connectivity index (χ0v) is 17.6. The number of carboxylic acid groups (broad SMARTS) is 1. The second kappa shape index (κ2) is 8.53. The molecule has 1 unspecified atom stereocenters. The third kappa shape index (κ3) is 3.82. The molecule has 0 saturated carbocycles. The first-order valence-electron chi connectivity index (χ1n) is 10.0. The monoisotopic (exact) mass is 437 g/mol. The number of aliphatic hydroxyl groups excluding tert-OH is 1. The Morgan fingerprint density at radius 1 is 1.13 bits per heavy atom. The number of carboxylic acids is 1. The molecule has 31 heavy (non-hydrogen) atoms. The van der Waals surface area contributed by atoms with Crippen molar-refractivity contribution >= 4 is 40.6 Å². The minimum absolute atomic E-state index is 0.132. The number of fused-ring (bicyclic) bond motifs is 1. The number of anilines is 2. The van der Waals surface area contributed by atoms with Crippen LogP contribution in [0.1, 0.15) is 40.4 Å². The molecular weight excluding hydrogens is 417 g/mol. The molecule has 0 spiro atoms. The Bertz CT molecular complexity index is 1170. The standard InChI is InChI=1S/C25H21ClFNO3/c1-2-5-15-6-3-7-20(26)18(15)14-19-23-21(27)8-4-9-22(23)28(24(19)29)17-12-10-16(11-13-17)25(30)31/h3-4,6-14,24,29H,2,5H2,1H3,(H,30,31)/b19-14-. The minimum Gasteiger partial charge on any atom is -0.478 e. The molecule has 1 atom stereocenters. The molecule has 1 aliphatic heterocycles. The van der Waals surface area contributed by atoms with E-state index in [1.807, 2.05) is 12.1 Å². The van der Waals surface area contributed by atoms with Crippen molar-refractivity contribution in [2.75, 3.05) is 4.90 Å². The lowest BCUT2D eigenvalue weighted by molar-refractivity contribution is 0.0697. The van der Waals surface area contributed by atoms with Crippen LogP contribution in [0.4, 0.5) is 15.8 Å².